The molecule has 0 radical (unpaired) electrons. The zero-order chi connectivity index (χ0) is 10.4. The normalized spacial score (nSPS) is 11.9. The molecule has 1 atom stereocenters. The van der Waals surface area contributed by atoms with E-state index in [0.29, 0.717) is 4.90 Å². The van der Waals surface area contributed by atoms with Gasteiger partial charge < -0.3 is 5.98 Å². The molecule has 1 aromatic carbocycles. The average molecular weight is 236 g/mol. The molecule has 1 N–H and O–H groups in total. The van der Waals surface area contributed by atoms with Gasteiger partial charge >= 0.3 is 29.6 Å². The minimum Gasteiger partial charge on any atom is -1.00 e. The number of unbranched alkanes of at least 4 members (excludes halogenated alkanes) is 2. The first-order valence-electron chi connectivity index (χ1n) is 4.94. The fourth-order valence-electron chi connectivity index (χ4n) is 1.35. The molecule has 0 saturated carbocycles. The summed E-state index contributed by atoms with van der Waals surface area (Å²) in [5, 5.41) is 0. The second kappa shape index (κ2) is 8.48. The summed E-state index contributed by atoms with van der Waals surface area (Å²) in [7, 11) is 0. The Balaban J connectivity index is 0. The Morgan fingerprint density at radius 2 is 1.87 bits per heavy atom. The summed E-state index contributed by atoms with van der Waals surface area (Å²) in [6, 6.07) is 7.30. The van der Waals surface area contributed by atoms with Crippen LogP contribution in [-0.4, -0.2) is 8.76 Å². The molecule has 0 fully saturated rings. The van der Waals surface area contributed by atoms with Crippen molar-refractivity contribution in [2.24, 2.45) is 0 Å². The van der Waals surface area contributed by atoms with Crippen molar-refractivity contribution in [2.75, 3.05) is 0 Å². The maximum Gasteiger partial charge on any atom is 1.00 e. The van der Waals surface area contributed by atoms with E-state index in [0.717, 1.165) is 6.42 Å². The van der Waals surface area contributed by atoms with E-state index in [4.69, 9.17) is 4.55 Å². The molecule has 0 aliphatic carbocycles. The monoisotopic (exact) mass is 236 g/mol. The van der Waals surface area contributed by atoms with E-state index < -0.39 is 11.1 Å². The first kappa shape index (κ1) is 15.3. The van der Waals surface area contributed by atoms with Crippen molar-refractivity contribution in [3.8, 4) is 0 Å². The zero-order valence-electron chi connectivity index (χ0n) is 10.4. The van der Waals surface area contributed by atoms with Gasteiger partial charge in [-0.05, 0) is 30.5 Å². The second-order valence-corrected chi connectivity index (χ2v) is 4.32. The van der Waals surface area contributed by atoms with Gasteiger partial charge in [0.25, 0.3) is 0 Å². The van der Waals surface area contributed by atoms with Crippen LogP contribution in [0.5, 0.6) is 0 Å². The summed E-state index contributed by atoms with van der Waals surface area (Å²) in [4.78, 5) is 0.476. The standard InChI is InChI=1S/C11H16O2S.Na.H/c1-2-3-4-5-10-6-8-11(9-7-10)14(12)13;;/h6-9H,2-5H2,1H3,(H,12,13);;/q;+1;-1. The first-order chi connectivity index (χ1) is 6.74. The Morgan fingerprint density at radius 3 is 2.33 bits per heavy atom. The molecule has 80 valence electrons. The van der Waals surface area contributed by atoms with Crippen LogP contribution in [0.25, 0.3) is 0 Å². The fraction of sp³-hybridized carbons (Fsp3) is 0.455. The summed E-state index contributed by atoms with van der Waals surface area (Å²) >= 11 is -1.84. The third-order valence-corrected chi connectivity index (χ3v) is 2.87. The SMILES string of the molecule is CCCCCc1ccc(S(=O)O)cc1.[H-].[Na+]. The fourth-order valence-corrected chi connectivity index (χ4v) is 1.72. The van der Waals surface area contributed by atoms with Gasteiger partial charge in [-0.1, -0.05) is 31.9 Å². The van der Waals surface area contributed by atoms with Crippen LogP contribution in [0.2, 0.25) is 0 Å². The molecule has 0 spiro atoms. The Bertz CT molecular complexity index is 303. The summed E-state index contributed by atoms with van der Waals surface area (Å²) in [5.41, 5.74) is 1.24. The van der Waals surface area contributed by atoms with Crippen LogP contribution < -0.4 is 29.6 Å². The summed E-state index contributed by atoms with van der Waals surface area (Å²) in [6.45, 7) is 2.18. The Kier molecular flexibility index (Phi) is 8.66. The smallest absolute Gasteiger partial charge is 1.00 e. The first-order valence-corrected chi connectivity index (χ1v) is 6.04. The molecule has 1 unspecified atom stereocenters. The molecule has 0 aromatic heterocycles. The summed E-state index contributed by atoms with van der Waals surface area (Å²) < 4.78 is 19.5. The molecular formula is C11H17NaO2S. The second-order valence-electron chi connectivity index (χ2n) is 3.35. The van der Waals surface area contributed by atoms with Crippen molar-refractivity contribution in [3.63, 3.8) is 0 Å². The van der Waals surface area contributed by atoms with Crippen LogP contribution in [0.4, 0.5) is 0 Å². The number of hydrogen-bond acceptors (Lipinski definition) is 1. The number of benzene rings is 1. The molecule has 0 aliphatic rings. The minimum absolute atomic E-state index is 0. The van der Waals surface area contributed by atoms with Crippen molar-refractivity contribution >= 4 is 11.1 Å². The molecule has 0 saturated heterocycles. The van der Waals surface area contributed by atoms with Crippen molar-refractivity contribution < 1.29 is 39.7 Å². The third kappa shape index (κ3) is 5.83. The van der Waals surface area contributed by atoms with E-state index in [1.807, 2.05) is 12.1 Å². The predicted molar refractivity (Wildman–Crippen MR) is 59.8 cm³/mol. The molecule has 1 rings (SSSR count). The Labute approximate surface area is 118 Å². The number of hydrogen-bond donors (Lipinski definition) is 1. The van der Waals surface area contributed by atoms with Crippen LogP contribution in [0.15, 0.2) is 29.2 Å². The van der Waals surface area contributed by atoms with Gasteiger partial charge in [0, 0.05) is 0 Å². The van der Waals surface area contributed by atoms with Gasteiger partial charge in [0.2, 0.25) is 0 Å². The van der Waals surface area contributed by atoms with Gasteiger partial charge in [-0.25, -0.2) is 4.21 Å². The summed E-state index contributed by atoms with van der Waals surface area (Å²) in [6.07, 6.45) is 4.72. The molecule has 4 heteroatoms. The third-order valence-electron chi connectivity index (χ3n) is 2.19. The van der Waals surface area contributed by atoms with Crippen molar-refractivity contribution in [1.29, 1.82) is 0 Å². The maximum absolute atomic E-state index is 10.7. The molecule has 0 bridgehead atoms. The van der Waals surface area contributed by atoms with Crippen LogP contribution in [0.1, 0.15) is 33.2 Å². The topological polar surface area (TPSA) is 37.3 Å². The van der Waals surface area contributed by atoms with E-state index in [2.05, 4.69) is 6.92 Å². The molecular weight excluding hydrogens is 219 g/mol. The van der Waals surface area contributed by atoms with E-state index in [1.165, 1.54) is 24.8 Å². The van der Waals surface area contributed by atoms with Gasteiger partial charge in [0.1, 0.15) is 0 Å². The molecule has 1 aromatic rings. The van der Waals surface area contributed by atoms with Gasteiger partial charge in [0.15, 0.2) is 11.1 Å². The van der Waals surface area contributed by atoms with Gasteiger partial charge in [-0.15, -0.1) is 0 Å². The quantitative estimate of drug-likeness (QED) is 0.448. The van der Waals surface area contributed by atoms with Gasteiger partial charge in [0.05, 0.1) is 4.90 Å². The van der Waals surface area contributed by atoms with Gasteiger partial charge in [-0.2, -0.15) is 0 Å². The Morgan fingerprint density at radius 1 is 1.27 bits per heavy atom. The average Bonchev–Trinajstić information content (AvgIpc) is 2.19. The zero-order valence-corrected chi connectivity index (χ0v) is 12.2. The van der Waals surface area contributed by atoms with E-state index in [-0.39, 0.29) is 31.0 Å². The van der Waals surface area contributed by atoms with Crippen molar-refractivity contribution in [3.05, 3.63) is 29.8 Å². The van der Waals surface area contributed by atoms with Crippen LogP contribution in [0, 0.1) is 0 Å². The number of aryl methyl sites for hydroxylation is 1. The largest absolute Gasteiger partial charge is 1.00 e. The van der Waals surface area contributed by atoms with Crippen LogP contribution in [0.3, 0.4) is 0 Å². The molecule has 0 heterocycles. The maximum atomic E-state index is 10.7. The molecule has 15 heavy (non-hydrogen) atoms. The minimum atomic E-state index is -1.84. The molecule has 0 amide bonds. The van der Waals surface area contributed by atoms with Gasteiger partial charge in [-0.3, -0.25) is 0 Å². The van der Waals surface area contributed by atoms with Crippen molar-refractivity contribution in [1.82, 2.24) is 0 Å². The molecule has 2 nitrogen and oxygen atoms in total. The molecule has 0 aliphatic heterocycles. The predicted octanol–water partition coefficient (Wildman–Crippen LogP) is 0.116. The Hall–Kier alpha value is 0.330. The van der Waals surface area contributed by atoms with E-state index >= 15 is 0 Å². The summed E-state index contributed by atoms with van der Waals surface area (Å²) in [5.74, 6) is 0. The van der Waals surface area contributed by atoms with Crippen LogP contribution >= 0.6 is 0 Å². The van der Waals surface area contributed by atoms with E-state index in [1.54, 1.807) is 12.1 Å². The van der Waals surface area contributed by atoms with E-state index in [9.17, 15) is 4.21 Å². The van der Waals surface area contributed by atoms with Crippen LogP contribution in [-0.2, 0) is 17.5 Å². The van der Waals surface area contributed by atoms with Crippen molar-refractivity contribution in [2.45, 2.75) is 37.5 Å². The number of rotatable bonds is 5.